The number of allylic oxidation sites excluding steroid dienone is 2. The minimum absolute atomic E-state index is 0.858. The monoisotopic (exact) mass is 256 g/mol. The average Bonchev–Trinajstić information content (AvgIpc) is 2.52. The van der Waals surface area contributed by atoms with Gasteiger partial charge in [-0.2, -0.15) is 0 Å². The van der Waals surface area contributed by atoms with Crippen molar-refractivity contribution in [3.63, 3.8) is 0 Å². The molecule has 13 heavy (non-hydrogen) atoms. The lowest BCUT2D eigenvalue weighted by Crippen LogP contribution is -1.82. The summed E-state index contributed by atoms with van der Waals surface area (Å²) < 4.78 is 1.32. The van der Waals surface area contributed by atoms with E-state index in [1.165, 1.54) is 22.0 Å². The first kappa shape index (κ1) is 9.29. The summed E-state index contributed by atoms with van der Waals surface area (Å²) in [5, 5.41) is 0.858. The molecule has 1 aliphatic carbocycles. The van der Waals surface area contributed by atoms with Gasteiger partial charge < -0.3 is 0 Å². The average molecular weight is 258 g/mol. The van der Waals surface area contributed by atoms with Crippen LogP contribution in [0.3, 0.4) is 0 Å². The van der Waals surface area contributed by atoms with Crippen LogP contribution in [0.25, 0.3) is 5.57 Å². The Kier molecular flexibility index (Phi) is 2.75. The minimum atomic E-state index is 0.858. The summed E-state index contributed by atoms with van der Waals surface area (Å²) in [6.45, 7) is 0. The molecule has 0 radical (unpaired) electrons. The highest BCUT2D eigenvalue weighted by molar-refractivity contribution is 9.11. The Morgan fingerprint density at radius 1 is 1.15 bits per heavy atom. The predicted octanol–water partition coefficient (Wildman–Crippen LogP) is 4.63. The van der Waals surface area contributed by atoms with Crippen LogP contribution in [0.4, 0.5) is 0 Å². The summed E-state index contributed by atoms with van der Waals surface area (Å²) >= 11 is 9.71. The first-order valence-electron chi connectivity index (χ1n) is 4.41. The summed E-state index contributed by atoms with van der Waals surface area (Å²) in [7, 11) is 0. The largest absolute Gasteiger partial charge is 0.0837 e. The maximum Gasteiger partial charge on any atom is 0.0481 e. The topological polar surface area (TPSA) is 0 Å². The molecule has 0 aromatic heterocycles. The van der Waals surface area contributed by atoms with Gasteiger partial charge in [-0.1, -0.05) is 45.7 Å². The van der Waals surface area contributed by atoms with Crippen molar-refractivity contribution in [3.05, 3.63) is 39.3 Å². The summed E-state index contributed by atoms with van der Waals surface area (Å²) in [6.07, 6.45) is 3.53. The van der Waals surface area contributed by atoms with E-state index in [2.05, 4.69) is 22.0 Å². The third kappa shape index (κ3) is 1.82. The smallest absolute Gasteiger partial charge is 0.0481 e. The molecule has 68 valence electrons. The van der Waals surface area contributed by atoms with Crippen LogP contribution in [-0.4, -0.2) is 0 Å². The van der Waals surface area contributed by atoms with Gasteiger partial charge >= 0.3 is 0 Å². The molecule has 2 heteroatoms. The maximum atomic E-state index is 6.11. The van der Waals surface area contributed by atoms with E-state index in [1.54, 1.807) is 0 Å². The van der Waals surface area contributed by atoms with Crippen molar-refractivity contribution < 1.29 is 0 Å². The maximum absolute atomic E-state index is 6.11. The molecule has 0 nitrogen and oxygen atoms in total. The van der Waals surface area contributed by atoms with Crippen LogP contribution >= 0.6 is 27.5 Å². The van der Waals surface area contributed by atoms with E-state index in [9.17, 15) is 0 Å². The van der Waals surface area contributed by atoms with Gasteiger partial charge in [0.1, 0.15) is 0 Å². The normalized spacial score (nSPS) is 16.8. The van der Waals surface area contributed by atoms with Gasteiger partial charge in [-0.15, -0.1) is 0 Å². The number of rotatable bonds is 1. The molecule has 0 heterocycles. The van der Waals surface area contributed by atoms with E-state index < -0.39 is 0 Å². The van der Waals surface area contributed by atoms with Gasteiger partial charge in [0.15, 0.2) is 0 Å². The van der Waals surface area contributed by atoms with Crippen molar-refractivity contribution in [3.8, 4) is 0 Å². The van der Waals surface area contributed by atoms with Crippen LogP contribution in [0.1, 0.15) is 24.8 Å². The first-order valence-corrected chi connectivity index (χ1v) is 5.58. The molecule has 0 amide bonds. The standard InChI is InChI=1S/C11H10BrCl/c12-10-6-3-5-8(10)9-4-1-2-7-11(9)13/h1-2,4,7H,3,5-6H2. The van der Waals surface area contributed by atoms with E-state index in [1.807, 2.05) is 18.2 Å². The van der Waals surface area contributed by atoms with Crippen LogP contribution in [0.2, 0.25) is 5.02 Å². The zero-order chi connectivity index (χ0) is 9.26. The summed E-state index contributed by atoms with van der Waals surface area (Å²) in [6, 6.07) is 8.04. The molecule has 0 fully saturated rings. The molecule has 1 aliphatic rings. The highest BCUT2D eigenvalue weighted by Gasteiger charge is 2.15. The Morgan fingerprint density at radius 3 is 2.54 bits per heavy atom. The molecule has 0 saturated carbocycles. The highest BCUT2D eigenvalue weighted by Crippen LogP contribution is 2.39. The Hall–Kier alpha value is -0.270. The van der Waals surface area contributed by atoms with Gasteiger partial charge in [-0.05, 0) is 40.9 Å². The van der Waals surface area contributed by atoms with E-state index in [4.69, 9.17) is 11.6 Å². The molecule has 1 aromatic carbocycles. The molecular weight excluding hydrogens is 247 g/mol. The highest BCUT2D eigenvalue weighted by atomic mass is 79.9. The molecule has 0 unspecified atom stereocenters. The molecule has 0 N–H and O–H groups in total. The molecule has 1 aromatic rings. The van der Waals surface area contributed by atoms with E-state index in [0.717, 1.165) is 17.9 Å². The van der Waals surface area contributed by atoms with Crippen LogP contribution in [0, 0.1) is 0 Å². The van der Waals surface area contributed by atoms with Gasteiger partial charge in [0.05, 0.1) is 0 Å². The third-order valence-corrected chi connectivity index (χ3v) is 3.55. The fourth-order valence-electron chi connectivity index (χ4n) is 1.69. The lowest BCUT2D eigenvalue weighted by atomic mass is 10.1. The van der Waals surface area contributed by atoms with Gasteiger partial charge in [0.2, 0.25) is 0 Å². The molecule has 0 bridgehead atoms. The Labute approximate surface area is 91.7 Å². The Bertz CT molecular complexity index is 355. The van der Waals surface area contributed by atoms with Crippen LogP contribution < -0.4 is 0 Å². The van der Waals surface area contributed by atoms with Crippen LogP contribution in [-0.2, 0) is 0 Å². The SMILES string of the molecule is Clc1ccccc1C1=C(Br)CCC1. The number of hydrogen-bond acceptors (Lipinski definition) is 0. The van der Waals surface area contributed by atoms with Crippen molar-refractivity contribution >= 4 is 33.1 Å². The van der Waals surface area contributed by atoms with E-state index >= 15 is 0 Å². The molecule has 2 rings (SSSR count). The second-order valence-corrected chi connectivity index (χ2v) is 4.58. The summed E-state index contributed by atoms with van der Waals surface area (Å²) in [5.74, 6) is 0. The molecular formula is C11H10BrCl. The zero-order valence-electron chi connectivity index (χ0n) is 7.19. The fraction of sp³-hybridized carbons (Fsp3) is 0.273. The molecule has 0 atom stereocenters. The Balaban J connectivity index is 2.46. The van der Waals surface area contributed by atoms with Crippen LogP contribution in [0.5, 0.6) is 0 Å². The predicted molar refractivity (Wildman–Crippen MR) is 61.2 cm³/mol. The lowest BCUT2D eigenvalue weighted by Gasteiger charge is -2.05. The second-order valence-electron chi connectivity index (χ2n) is 3.22. The number of halogens is 2. The van der Waals surface area contributed by atoms with Crippen molar-refractivity contribution in [2.45, 2.75) is 19.3 Å². The summed E-state index contributed by atoms with van der Waals surface area (Å²) in [4.78, 5) is 0. The quantitative estimate of drug-likeness (QED) is 0.688. The van der Waals surface area contributed by atoms with Crippen LogP contribution in [0.15, 0.2) is 28.7 Å². The number of hydrogen-bond donors (Lipinski definition) is 0. The number of benzene rings is 1. The second kappa shape index (κ2) is 3.85. The van der Waals surface area contributed by atoms with Gasteiger partial charge in [-0.25, -0.2) is 0 Å². The van der Waals surface area contributed by atoms with E-state index in [-0.39, 0.29) is 0 Å². The van der Waals surface area contributed by atoms with Crippen molar-refractivity contribution in [2.75, 3.05) is 0 Å². The molecule has 0 spiro atoms. The summed E-state index contributed by atoms with van der Waals surface area (Å²) in [5.41, 5.74) is 2.57. The minimum Gasteiger partial charge on any atom is -0.0837 e. The van der Waals surface area contributed by atoms with Gasteiger partial charge in [0.25, 0.3) is 0 Å². The third-order valence-electron chi connectivity index (χ3n) is 2.35. The van der Waals surface area contributed by atoms with Gasteiger partial charge in [-0.3, -0.25) is 0 Å². The van der Waals surface area contributed by atoms with Gasteiger partial charge in [0, 0.05) is 5.02 Å². The van der Waals surface area contributed by atoms with Crippen molar-refractivity contribution in [1.29, 1.82) is 0 Å². The fourth-order valence-corrected chi connectivity index (χ4v) is 2.64. The van der Waals surface area contributed by atoms with E-state index in [0.29, 0.717) is 0 Å². The lowest BCUT2D eigenvalue weighted by molar-refractivity contribution is 0.932. The Morgan fingerprint density at radius 2 is 1.92 bits per heavy atom. The van der Waals surface area contributed by atoms with Crippen molar-refractivity contribution in [1.82, 2.24) is 0 Å². The van der Waals surface area contributed by atoms with Crippen molar-refractivity contribution in [2.24, 2.45) is 0 Å². The molecule has 0 saturated heterocycles. The molecule has 0 aliphatic heterocycles. The first-order chi connectivity index (χ1) is 6.29. The zero-order valence-corrected chi connectivity index (χ0v) is 9.53.